The summed E-state index contributed by atoms with van der Waals surface area (Å²) >= 11 is 0. The van der Waals surface area contributed by atoms with E-state index in [9.17, 15) is 4.79 Å². The van der Waals surface area contributed by atoms with E-state index in [0.29, 0.717) is 18.7 Å². The minimum absolute atomic E-state index is 0.209. The van der Waals surface area contributed by atoms with Crippen LogP contribution in [-0.4, -0.2) is 75.0 Å². The molecule has 0 atom stereocenters. The van der Waals surface area contributed by atoms with Crippen LogP contribution in [0.1, 0.15) is 16.3 Å². The number of carbonyl (C=O) groups is 1. The van der Waals surface area contributed by atoms with Gasteiger partial charge in [-0.1, -0.05) is 17.3 Å². The number of amides is 1. The zero-order chi connectivity index (χ0) is 18.5. The Morgan fingerprint density at radius 3 is 2.89 bits per heavy atom. The standard InChI is InChI=1S/C18H24N8O/c27-18(20-6-5-17-21-14-3-1-2-4-15(14)22-17)16-13-26(24-23-16)12-11-25-9-7-19-8-10-25/h1-4,13,19H,5-12H2,(H,20,27)(H,21,22). The zero-order valence-corrected chi connectivity index (χ0v) is 15.2. The molecule has 27 heavy (non-hydrogen) atoms. The molecule has 9 heteroatoms. The Kier molecular flexibility index (Phi) is 5.40. The first kappa shape index (κ1) is 17.6. The van der Waals surface area contributed by atoms with Gasteiger partial charge in [0.05, 0.1) is 23.8 Å². The lowest BCUT2D eigenvalue weighted by Crippen LogP contribution is -2.44. The average molecular weight is 368 g/mol. The molecule has 9 nitrogen and oxygen atoms in total. The van der Waals surface area contributed by atoms with Crippen molar-refractivity contribution in [1.82, 2.24) is 40.5 Å². The molecule has 0 aliphatic carbocycles. The first-order valence-corrected chi connectivity index (χ1v) is 9.33. The largest absolute Gasteiger partial charge is 0.350 e. The molecular weight excluding hydrogens is 344 g/mol. The molecule has 0 unspecified atom stereocenters. The molecule has 0 saturated carbocycles. The lowest BCUT2D eigenvalue weighted by molar-refractivity contribution is 0.0949. The lowest BCUT2D eigenvalue weighted by atomic mass is 10.3. The highest BCUT2D eigenvalue weighted by Gasteiger charge is 2.13. The van der Waals surface area contributed by atoms with Crippen molar-refractivity contribution >= 4 is 16.9 Å². The van der Waals surface area contributed by atoms with Gasteiger partial charge in [-0.25, -0.2) is 4.98 Å². The number of piperazine rings is 1. The van der Waals surface area contributed by atoms with Crippen LogP contribution in [0.25, 0.3) is 11.0 Å². The van der Waals surface area contributed by atoms with Crippen molar-refractivity contribution in [2.24, 2.45) is 0 Å². The van der Waals surface area contributed by atoms with Gasteiger partial charge in [-0.05, 0) is 12.1 Å². The highest BCUT2D eigenvalue weighted by atomic mass is 16.2. The SMILES string of the molecule is O=C(NCCc1nc2ccccc2[nH]1)c1cn(CCN2CCNCC2)nn1. The summed E-state index contributed by atoms with van der Waals surface area (Å²) in [5.41, 5.74) is 2.29. The number of aromatic nitrogens is 5. The predicted octanol–water partition coefficient (Wildman–Crippen LogP) is 0.0321. The van der Waals surface area contributed by atoms with Crippen molar-refractivity contribution in [3.63, 3.8) is 0 Å². The van der Waals surface area contributed by atoms with Gasteiger partial charge in [-0.15, -0.1) is 5.10 Å². The van der Waals surface area contributed by atoms with Gasteiger partial charge in [0.2, 0.25) is 0 Å². The summed E-state index contributed by atoms with van der Waals surface area (Å²) in [5.74, 6) is 0.649. The quantitative estimate of drug-likeness (QED) is 0.544. The van der Waals surface area contributed by atoms with Crippen molar-refractivity contribution in [2.75, 3.05) is 39.3 Å². The molecule has 2 aromatic heterocycles. The number of rotatable bonds is 7. The molecule has 3 N–H and O–H groups in total. The maximum Gasteiger partial charge on any atom is 0.273 e. The van der Waals surface area contributed by atoms with Crippen LogP contribution in [0.4, 0.5) is 0 Å². The maximum atomic E-state index is 12.3. The van der Waals surface area contributed by atoms with Crippen molar-refractivity contribution in [3.05, 3.63) is 42.0 Å². The summed E-state index contributed by atoms with van der Waals surface area (Å²) in [6.07, 6.45) is 2.34. The van der Waals surface area contributed by atoms with Gasteiger partial charge in [-0.2, -0.15) is 0 Å². The third-order valence-electron chi connectivity index (χ3n) is 4.71. The smallest absolute Gasteiger partial charge is 0.273 e. The molecule has 1 aromatic carbocycles. The van der Waals surface area contributed by atoms with Crippen molar-refractivity contribution < 1.29 is 4.79 Å². The fraction of sp³-hybridized carbons (Fsp3) is 0.444. The number of para-hydroxylation sites is 2. The normalized spacial score (nSPS) is 15.3. The van der Waals surface area contributed by atoms with Gasteiger partial charge in [-0.3, -0.25) is 14.4 Å². The van der Waals surface area contributed by atoms with E-state index in [-0.39, 0.29) is 5.91 Å². The van der Waals surface area contributed by atoms with Crippen LogP contribution in [0.2, 0.25) is 0 Å². The van der Waals surface area contributed by atoms with Crippen LogP contribution in [0.15, 0.2) is 30.5 Å². The Morgan fingerprint density at radius 1 is 1.19 bits per heavy atom. The fourth-order valence-electron chi connectivity index (χ4n) is 3.20. The summed E-state index contributed by atoms with van der Waals surface area (Å²) in [7, 11) is 0. The van der Waals surface area contributed by atoms with E-state index in [1.165, 1.54) is 0 Å². The number of H-pyrrole nitrogens is 1. The van der Waals surface area contributed by atoms with Gasteiger partial charge in [0.15, 0.2) is 5.69 Å². The topological polar surface area (TPSA) is 104 Å². The second-order valence-corrected chi connectivity index (χ2v) is 6.67. The number of hydrogen-bond donors (Lipinski definition) is 3. The molecule has 1 amide bonds. The molecule has 142 valence electrons. The molecule has 1 aliphatic rings. The summed E-state index contributed by atoms with van der Waals surface area (Å²) < 4.78 is 1.73. The molecule has 1 fully saturated rings. The monoisotopic (exact) mass is 368 g/mol. The van der Waals surface area contributed by atoms with E-state index >= 15 is 0 Å². The number of aromatic amines is 1. The molecule has 0 spiro atoms. The molecule has 0 radical (unpaired) electrons. The first-order chi connectivity index (χ1) is 13.3. The third-order valence-corrected chi connectivity index (χ3v) is 4.71. The molecule has 1 aliphatic heterocycles. The Morgan fingerprint density at radius 2 is 2.04 bits per heavy atom. The van der Waals surface area contributed by atoms with E-state index in [2.05, 4.69) is 35.8 Å². The van der Waals surface area contributed by atoms with E-state index in [4.69, 9.17) is 0 Å². The minimum Gasteiger partial charge on any atom is -0.350 e. The third kappa shape index (κ3) is 4.50. The summed E-state index contributed by atoms with van der Waals surface area (Å²) in [6.45, 7) is 6.28. The van der Waals surface area contributed by atoms with Crippen LogP contribution < -0.4 is 10.6 Å². The zero-order valence-electron chi connectivity index (χ0n) is 15.2. The van der Waals surface area contributed by atoms with Gasteiger partial charge in [0.25, 0.3) is 5.91 Å². The maximum absolute atomic E-state index is 12.3. The summed E-state index contributed by atoms with van der Waals surface area (Å²) in [5, 5.41) is 14.3. The number of hydrogen-bond acceptors (Lipinski definition) is 6. The highest BCUT2D eigenvalue weighted by molar-refractivity contribution is 5.91. The van der Waals surface area contributed by atoms with Crippen molar-refractivity contribution in [1.29, 1.82) is 0 Å². The number of imidazole rings is 1. The second kappa shape index (κ2) is 8.28. The van der Waals surface area contributed by atoms with Crippen LogP contribution >= 0.6 is 0 Å². The lowest BCUT2D eigenvalue weighted by Gasteiger charge is -2.26. The Labute approximate surface area is 157 Å². The molecular formula is C18H24N8O. The second-order valence-electron chi connectivity index (χ2n) is 6.67. The van der Waals surface area contributed by atoms with Crippen molar-refractivity contribution in [3.8, 4) is 0 Å². The summed E-state index contributed by atoms with van der Waals surface area (Å²) in [6, 6.07) is 7.88. The first-order valence-electron chi connectivity index (χ1n) is 9.33. The van der Waals surface area contributed by atoms with E-state index in [1.54, 1.807) is 10.9 Å². The molecule has 1 saturated heterocycles. The van der Waals surface area contributed by atoms with Gasteiger partial charge in [0, 0.05) is 45.7 Å². The predicted molar refractivity (Wildman–Crippen MR) is 101 cm³/mol. The number of nitrogens with zero attached hydrogens (tertiary/aromatic N) is 5. The molecule has 4 rings (SSSR count). The number of carbonyl (C=O) groups excluding carboxylic acids is 1. The average Bonchev–Trinajstić information content (AvgIpc) is 3.34. The van der Waals surface area contributed by atoms with Crippen LogP contribution in [0, 0.1) is 0 Å². The minimum atomic E-state index is -0.209. The molecule has 3 heterocycles. The Hall–Kier alpha value is -2.78. The van der Waals surface area contributed by atoms with Crippen LogP contribution in [0.3, 0.4) is 0 Å². The van der Waals surface area contributed by atoms with Crippen LogP contribution in [-0.2, 0) is 13.0 Å². The fourth-order valence-corrected chi connectivity index (χ4v) is 3.20. The Bertz CT molecular complexity index is 863. The number of fused-ring (bicyclic) bond motifs is 1. The number of benzene rings is 1. The van der Waals surface area contributed by atoms with E-state index in [1.807, 2.05) is 24.3 Å². The van der Waals surface area contributed by atoms with Gasteiger partial charge >= 0.3 is 0 Å². The van der Waals surface area contributed by atoms with Crippen molar-refractivity contribution in [2.45, 2.75) is 13.0 Å². The van der Waals surface area contributed by atoms with Crippen LogP contribution in [0.5, 0.6) is 0 Å². The molecule has 0 bridgehead atoms. The highest BCUT2D eigenvalue weighted by Crippen LogP contribution is 2.10. The Balaban J connectivity index is 1.24. The number of nitrogens with one attached hydrogen (secondary N) is 3. The summed E-state index contributed by atoms with van der Waals surface area (Å²) in [4.78, 5) is 22.4. The van der Waals surface area contributed by atoms with Gasteiger partial charge < -0.3 is 15.6 Å². The van der Waals surface area contributed by atoms with Gasteiger partial charge in [0.1, 0.15) is 5.82 Å². The van der Waals surface area contributed by atoms with E-state index in [0.717, 1.165) is 56.1 Å². The van der Waals surface area contributed by atoms with E-state index < -0.39 is 0 Å². The molecule has 3 aromatic rings.